The Bertz CT molecular complexity index is 1390. The first kappa shape index (κ1) is 27.5. The normalized spacial score (nSPS) is 20.4. The summed E-state index contributed by atoms with van der Waals surface area (Å²) in [5, 5.41) is 8.42. The van der Waals surface area contributed by atoms with Gasteiger partial charge in [-0.2, -0.15) is 15.0 Å². The summed E-state index contributed by atoms with van der Waals surface area (Å²) in [4.78, 5) is 16.4. The van der Waals surface area contributed by atoms with Crippen LogP contribution in [-0.4, -0.2) is 68.3 Å². The first-order valence-electron chi connectivity index (χ1n) is 13.9. The molecule has 3 N–H and O–H groups in total. The predicted molar refractivity (Wildman–Crippen MR) is 155 cm³/mol. The molecule has 0 spiro atoms. The fraction of sp³-hybridized carbons (Fsp3) is 0.536. The van der Waals surface area contributed by atoms with Crippen molar-refractivity contribution in [3.63, 3.8) is 0 Å². The number of aryl methyl sites for hydroxylation is 1. The number of ether oxygens (including phenoxy) is 1. The van der Waals surface area contributed by atoms with Crippen molar-refractivity contribution in [2.75, 3.05) is 48.4 Å². The monoisotopic (exact) mass is 553 g/mol. The first-order valence-corrected chi connectivity index (χ1v) is 15.4. The molecule has 0 atom stereocenters. The van der Waals surface area contributed by atoms with Crippen LogP contribution >= 0.6 is 0 Å². The van der Waals surface area contributed by atoms with Crippen molar-refractivity contribution in [1.29, 1.82) is 0 Å². The van der Waals surface area contributed by atoms with Gasteiger partial charge in [-0.1, -0.05) is 36.4 Å². The zero-order valence-corrected chi connectivity index (χ0v) is 23.8. The fourth-order valence-corrected chi connectivity index (χ4v) is 7.14. The number of rotatable bonds is 9. The molecule has 1 saturated heterocycles. The molecule has 0 amide bonds. The number of morpholine rings is 1. The smallest absolute Gasteiger partial charge is 0.241 e. The molecule has 11 heteroatoms. The van der Waals surface area contributed by atoms with Crippen molar-refractivity contribution in [2.45, 2.75) is 63.4 Å². The number of hydrogen-bond acceptors (Lipinski definition) is 9. The van der Waals surface area contributed by atoms with Gasteiger partial charge in [-0.15, -0.1) is 0 Å². The summed E-state index contributed by atoms with van der Waals surface area (Å²) in [5.41, 5.74) is 0.763. The van der Waals surface area contributed by atoms with Gasteiger partial charge in [0.05, 0.1) is 18.1 Å². The van der Waals surface area contributed by atoms with Gasteiger partial charge in [-0.25, -0.2) is 13.1 Å². The molecule has 1 saturated carbocycles. The highest BCUT2D eigenvalue weighted by Gasteiger charge is 2.28. The van der Waals surface area contributed by atoms with Gasteiger partial charge in [0.25, 0.3) is 0 Å². The van der Waals surface area contributed by atoms with Crippen LogP contribution in [0.2, 0.25) is 0 Å². The zero-order chi connectivity index (χ0) is 27.4. The van der Waals surface area contributed by atoms with E-state index in [-0.39, 0.29) is 12.1 Å². The minimum absolute atomic E-state index is 0.0726. The highest BCUT2D eigenvalue weighted by molar-refractivity contribution is 7.89. The van der Waals surface area contributed by atoms with Crippen molar-refractivity contribution in [2.24, 2.45) is 5.92 Å². The Morgan fingerprint density at radius 3 is 2.44 bits per heavy atom. The molecule has 10 nitrogen and oxygen atoms in total. The first-order chi connectivity index (χ1) is 18.8. The number of nitrogens with zero attached hydrogens (tertiary/aromatic N) is 4. The van der Waals surface area contributed by atoms with Gasteiger partial charge in [-0.05, 0) is 63.3 Å². The summed E-state index contributed by atoms with van der Waals surface area (Å²) >= 11 is 0. The van der Waals surface area contributed by atoms with Crippen molar-refractivity contribution >= 4 is 38.6 Å². The van der Waals surface area contributed by atoms with E-state index in [9.17, 15) is 8.42 Å². The average molecular weight is 554 g/mol. The van der Waals surface area contributed by atoms with Crippen LogP contribution in [0.4, 0.5) is 17.8 Å². The number of hydrogen-bond donors (Lipinski definition) is 3. The van der Waals surface area contributed by atoms with Crippen LogP contribution in [0.25, 0.3) is 10.8 Å². The van der Waals surface area contributed by atoms with E-state index in [1.165, 1.54) is 0 Å². The number of benzene rings is 2. The molecule has 210 valence electrons. The minimum Gasteiger partial charge on any atom is -0.378 e. The van der Waals surface area contributed by atoms with Crippen LogP contribution in [0.15, 0.2) is 41.3 Å². The number of nitrogens with one attached hydrogen (secondary N) is 3. The van der Waals surface area contributed by atoms with Gasteiger partial charge in [0.2, 0.25) is 27.9 Å². The molecule has 1 aromatic heterocycles. The number of fused-ring (bicyclic) bond motifs is 1. The van der Waals surface area contributed by atoms with Crippen molar-refractivity contribution in [1.82, 2.24) is 19.7 Å². The van der Waals surface area contributed by atoms with E-state index in [0.717, 1.165) is 61.7 Å². The maximum absolute atomic E-state index is 13.4. The van der Waals surface area contributed by atoms with Crippen LogP contribution in [-0.2, 0) is 14.8 Å². The molecule has 0 unspecified atom stereocenters. The Morgan fingerprint density at radius 1 is 0.974 bits per heavy atom. The second kappa shape index (κ2) is 12.0. The maximum atomic E-state index is 13.4. The predicted octanol–water partition coefficient (Wildman–Crippen LogP) is 3.94. The van der Waals surface area contributed by atoms with Crippen molar-refractivity contribution in [3.8, 4) is 0 Å². The molecule has 2 heterocycles. The summed E-state index contributed by atoms with van der Waals surface area (Å²) in [6.07, 6.45) is 3.44. The second-order valence-corrected chi connectivity index (χ2v) is 12.5. The van der Waals surface area contributed by atoms with Crippen LogP contribution < -0.4 is 20.3 Å². The van der Waals surface area contributed by atoms with E-state index in [0.29, 0.717) is 41.9 Å². The Morgan fingerprint density at radius 2 is 1.69 bits per heavy atom. The van der Waals surface area contributed by atoms with Gasteiger partial charge in [0, 0.05) is 37.1 Å². The fourth-order valence-electron chi connectivity index (χ4n) is 5.38. The van der Waals surface area contributed by atoms with Crippen molar-refractivity contribution in [3.05, 3.63) is 42.0 Å². The molecule has 1 aliphatic heterocycles. The number of sulfonamides is 1. The van der Waals surface area contributed by atoms with E-state index < -0.39 is 10.0 Å². The lowest BCUT2D eigenvalue weighted by molar-refractivity contribution is 0.122. The Hall–Kier alpha value is -3.02. The van der Waals surface area contributed by atoms with Gasteiger partial charge >= 0.3 is 0 Å². The molecule has 2 fully saturated rings. The summed E-state index contributed by atoms with van der Waals surface area (Å²) in [6.45, 7) is 9.53. The third-order valence-corrected chi connectivity index (χ3v) is 9.12. The highest BCUT2D eigenvalue weighted by Crippen LogP contribution is 2.30. The number of anilines is 3. The van der Waals surface area contributed by atoms with Gasteiger partial charge in [-0.3, -0.25) is 0 Å². The topological polar surface area (TPSA) is 121 Å². The molecular formula is C28H39N7O3S. The lowest BCUT2D eigenvalue weighted by atomic mass is 9.86. The molecule has 3 aromatic rings. The molecule has 0 radical (unpaired) electrons. The van der Waals surface area contributed by atoms with Gasteiger partial charge in [0.15, 0.2) is 0 Å². The molecule has 39 heavy (non-hydrogen) atoms. The highest BCUT2D eigenvalue weighted by atomic mass is 32.2. The molecule has 5 rings (SSSR count). The Labute approximate surface area is 231 Å². The van der Waals surface area contributed by atoms with Gasteiger partial charge in [0.1, 0.15) is 0 Å². The standard InChI is InChI=1S/C28H39N7O3S/c1-19(2)30-27-31-26(32-28(33-27)35-14-16-38-17-15-35)29-18-21-9-12-23(13-10-21)34-39(36,37)25-20(3)8-11-22-6-4-5-7-24(22)25/h4-8,11,19,21,23,34H,9-10,12-18H2,1-3H3,(H2,29,30,31,32,33). The molecule has 2 aliphatic rings. The zero-order valence-electron chi connectivity index (χ0n) is 23.0. The van der Waals surface area contributed by atoms with Gasteiger partial charge < -0.3 is 20.3 Å². The molecule has 1 aliphatic carbocycles. The van der Waals surface area contributed by atoms with E-state index in [1.807, 2.05) is 43.3 Å². The molecule has 2 aromatic carbocycles. The van der Waals surface area contributed by atoms with Crippen LogP contribution in [0, 0.1) is 12.8 Å². The quantitative estimate of drug-likeness (QED) is 0.362. The van der Waals surface area contributed by atoms with Crippen LogP contribution in [0.3, 0.4) is 0 Å². The third-order valence-electron chi connectivity index (χ3n) is 7.40. The Kier molecular flexibility index (Phi) is 8.49. The van der Waals surface area contributed by atoms with Crippen LogP contribution in [0.5, 0.6) is 0 Å². The van der Waals surface area contributed by atoms with E-state index in [4.69, 9.17) is 4.74 Å². The molecule has 0 bridgehead atoms. The summed E-state index contributed by atoms with van der Waals surface area (Å²) in [5.74, 6) is 2.19. The number of aromatic nitrogens is 3. The molecular weight excluding hydrogens is 514 g/mol. The van der Waals surface area contributed by atoms with E-state index >= 15 is 0 Å². The van der Waals surface area contributed by atoms with E-state index in [1.54, 1.807) is 0 Å². The average Bonchev–Trinajstić information content (AvgIpc) is 2.92. The Balaban J connectivity index is 1.20. The maximum Gasteiger partial charge on any atom is 0.241 e. The minimum atomic E-state index is -3.63. The van der Waals surface area contributed by atoms with Crippen molar-refractivity contribution < 1.29 is 13.2 Å². The lowest BCUT2D eigenvalue weighted by Gasteiger charge is -2.30. The summed E-state index contributed by atoms with van der Waals surface area (Å²) < 4.78 is 35.3. The third kappa shape index (κ3) is 6.77. The summed E-state index contributed by atoms with van der Waals surface area (Å²) in [6, 6.07) is 11.6. The second-order valence-electron chi connectivity index (χ2n) is 10.8. The summed E-state index contributed by atoms with van der Waals surface area (Å²) in [7, 11) is -3.63. The largest absolute Gasteiger partial charge is 0.378 e. The lowest BCUT2D eigenvalue weighted by Crippen LogP contribution is -2.39. The van der Waals surface area contributed by atoms with E-state index in [2.05, 4.69) is 49.1 Å². The SMILES string of the molecule is Cc1ccc2ccccc2c1S(=O)(=O)NC1CCC(CNc2nc(NC(C)C)nc(N3CCOCC3)n2)CC1. The van der Waals surface area contributed by atoms with Crippen LogP contribution in [0.1, 0.15) is 45.1 Å².